The second-order valence-electron chi connectivity index (χ2n) is 12.5. The fourth-order valence-corrected chi connectivity index (χ4v) is 9.07. The minimum absolute atomic E-state index is 0. The summed E-state index contributed by atoms with van der Waals surface area (Å²) in [6, 6.07) is 56.5. The average molecular weight is 716 g/mol. The van der Waals surface area contributed by atoms with E-state index in [0.717, 1.165) is 41.6 Å². The third kappa shape index (κ3) is 6.34. The number of aromatic amines is 2. The Bertz CT molecular complexity index is 2690. The Kier molecular flexibility index (Phi) is 9.26. The van der Waals surface area contributed by atoms with Crippen LogP contribution in [0.4, 0.5) is 0 Å². The van der Waals surface area contributed by atoms with E-state index < -0.39 is 0 Å². The van der Waals surface area contributed by atoms with Gasteiger partial charge in [0.1, 0.15) is 9.40 Å². The summed E-state index contributed by atoms with van der Waals surface area (Å²) in [6.45, 7) is 0. The molecule has 53 heavy (non-hydrogen) atoms. The van der Waals surface area contributed by atoms with Crippen molar-refractivity contribution in [3.8, 4) is 54.9 Å². The van der Waals surface area contributed by atoms with Crippen LogP contribution in [-0.4, -0.2) is 10.1 Å². The van der Waals surface area contributed by atoms with Crippen LogP contribution < -0.4 is 20.2 Å². The van der Waals surface area contributed by atoms with Crippen molar-refractivity contribution >= 4 is 74.8 Å². The maximum atomic E-state index is 12.2. The summed E-state index contributed by atoms with van der Waals surface area (Å²) in [5.74, 6) is 0.0887. The second kappa shape index (κ2) is 14.5. The fraction of sp³-hybridized carbons (Fsp3) is 0. The van der Waals surface area contributed by atoms with E-state index >= 15 is 0 Å². The number of para-hydroxylation sites is 2. The van der Waals surface area contributed by atoms with Gasteiger partial charge < -0.3 is 10.2 Å². The molecule has 2 N–H and O–H groups in total. The van der Waals surface area contributed by atoms with Gasteiger partial charge in [0.15, 0.2) is 0 Å². The monoisotopic (exact) mass is 715 g/mol. The number of fused-ring (bicyclic) bond motifs is 6. The van der Waals surface area contributed by atoms with E-state index in [2.05, 4.69) is 119 Å². The summed E-state index contributed by atoms with van der Waals surface area (Å²) in [7, 11) is 0. The van der Waals surface area contributed by atoms with Gasteiger partial charge >= 0.3 is 10.1 Å². The van der Waals surface area contributed by atoms with E-state index in [0.29, 0.717) is 0 Å². The standard InChI is InChI=1S/2C23H15NOS.Be/c2*25-20-13-7-6-12-18(20)23-24-22-17-11-5-4-10-16(17)19(14-21(22)26-23)15-8-2-1-3-9-15;/h2*1-14,25H;/q;;+2. The first-order valence-corrected chi connectivity index (χ1v) is 18.6. The molecule has 0 aliphatic heterocycles. The zero-order valence-corrected chi connectivity index (χ0v) is 30.1. The van der Waals surface area contributed by atoms with Gasteiger partial charge in [0.05, 0.1) is 10.8 Å². The quantitative estimate of drug-likeness (QED) is 0.170. The molecule has 4 nitrogen and oxygen atoms in total. The Morgan fingerprint density at radius 3 is 1.09 bits per heavy atom. The number of thiazole rings is 2. The Balaban J connectivity index is 0.000000148. The van der Waals surface area contributed by atoms with Gasteiger partial charge in [-0.2, -0.15) is 9.97 Å². The van der Waals surface area contributed by atoms with Crippen LogP contribution in [-0.2, 0) is 0 Å². The molecule has 248 valence electrons. The first-order chi connectivity index (χ1) is 25.6. The van der Waals surface area contributed by atoms with Crippen molar-refractivity contribution < 1.29 is 20.2 Å². The van der Waals surface area contributed by atoms with Gasteiger partial charge in [0.2, 0.25) is 11.0 Å². The van der Waals surface area contributed by atoms with Crippen LogP contribution in [0.1, 0.15) is 0 Å². The van der Waals surface area contributed by atoms with Crippen LogP contribution in [0.15, 0.2) is 170 Å². The minimum Gasteiger partial charge on any atom is -0.872 e. The van der Waals surface area contributed by atoms with Crippen molar-refractivity contribution in [1.82, 2.24) is 0 Å². The third-order valence-electron chi connectivity index (χ3n) is 9.35. The molecule has 2 heterocycles. The maximum Gasteiger partial charge on any atom is 2.00 e. The Labute approximate surface area is 318 Å². The van der Waals surface area contributed by atoms with Crippen molar-refractivity contribution in [2.24, 2.45) is 0 Å². The number of hydrogen-bond acceptors (Lipinski definition) is 4. The van der Waals surface area contributed by atoms with E-state index in [-0.39, 0.29) is 21.6 Å². The fourth-order valence-electron chi connectivity index (χ4n) is 6.88. The van der Waals surface area contributed by atoms with Gasteiger partial charge in [0, 0.05) is 11.1 Å². The van der Waals surface area contributed by atoms with Crippen molar-refractivity contribution in [3.63, 3.8) is 0 Å². The van der Waals surface area contributed by atoms with Crippen LogP contribution in [0.25, 0.3) is 85.4 Å². The SMILES string of the molecule is [Be+2].[O-]c1ccccc1-c1[nH+]c2c(cc(-c3ccccc3)c3ccccc32)s1.[O-]c1ccccc1-c1[nH+]c2c(cc(-c3ccccc3)c3ccccc32)s1. The molecule has 0 aliphatic carbocycles. The molecular weight excluding hydrogens is 686 g/mol. The molecule has 2 aromatic heterocycles. The number of nitrogens with one attached hydrogen (secondary N) is 2. The van der Waals surface area contributed by atoms with Crippen LogP contribution in [0.5, 0.6) is 11.5 Å². The number of benzene rings is 8. The summed E-state index contributed by atoms with van der Waals surface area (Å²) in [6.07, 6.45) is 0. The molecule has 0 saturated heterocycles. The van der Waals surface area contributed by atoms with E-state index in [9.17, 15) is 10.2 Å². The molecule has 7 heteroatoms. The smallest absolute Gasteiger partial charge is 0.872 e. The van der Waals surface area contributed by atoms with E-state index in [1.165, 1.54) is 43.8 Å². The number of rotatable bonds is 4. The molecular formula is C46H30BeN2O2S2+2. The molecule has 0 aliphatic rings. The van der Waals surface area contributed by atoms with Crippen molar-refractivity contribution in [3.05, 3.63) is 170 Å². The molecule has 0 saturated carbocycles. The Morgan fingerprint density at radius 2 is 0.698 bits per heavy atom. The van der Waals surface area contributed by atoms with Crippen LogP contribution >= 0.6 is 22.7 Å². The predicted octanol–water partition coefficient (Wildman–Crippen LogP) is 10.2. The number of hydrogen-bond donors (Lipinski definition) is 0. The Morgan fingerprint density at radius 1 is 0.358 bits per heavy atom. The van der Waals surface area contributed by atoms with Crippen molar-refractivity contribution in [2.75, 3.05) is 0 Å². The van der Waals surface area contributed by atoms with Gasteiger partial charge in [-0.1, -0.05) is 168 Å². The summed E-state index contributed by atoms with van der Waals surface area (Å²) >= 11 is 3.27. The van der Waals surface area contributed by atoms with Gasteiger partial charge in [-0.3, -0.25) is 0 Å². The molecule has 0 atom stereocenters. The molecule has 0 amide bonds. The largest absolute Gasteiger partial charge is 2.00 e. The molecule has 10 rings (SSSR count). The number of aromatic nitrogens is 2. The first kappa shape index (κ1) is 33.9. The van der Waals surface area contributed by atoms with Crippen LogP contribution in [0, 0.1) is 0 Å². The predicted molar refractivity (Wildman–Crippen MR) is 218 cm³/mol. The molecule has 10 aromatic rings. The summed E-state index contributed by atoms with van der Waals surface area (Å²) in [4.78, 5) is 6.99. The van der Waals surface area contributed by atoms with Crippen LogP contribution in [0.2, 0.25) is 0 Å². The van der Waals surface area contributed by atoms with Gasteiger partial charge in [-0.05, 0) is 69.4 Å². The van der Waals surface area contributed by atoms with Gasteiger partial charge in [-0.25, -0.2) is 0 Å². The van der Waals surface area contributed by atoms with Crippen molar-refractivity contribution in [1.29, 1.82) is 0 Å². The van der Waals surface area contributed by atoms with Crippen LogP contribution in [0.3, 0.4) is 0 Å². The molecule has 0 radical (unpaired) electrons. The van der Waals surface area contributed by atoms with Gasteiger partial charge in [-0.15, -0.1) is 0 Å². The molecule has 8 aromatic carbocycles. The van der Waals surface area contributed by atoms with E-state index in [1.54, 1.807) is 46.9 Å². The Hall–Kier alpha value is -6.17. The van der Waals surface area contributed by atoms with E-state index in [1.807, 2.05) is 36.4 Å². The minimum atomic E-state index is 0. The second-order valence-corrected chi connectivity index (χ2v) is 14.6. The third-order valence-corrected chi connectivity index (χ3v) is 11.5. The molecule has 0 spiro atoms. The number of H-pyrrole nitrogens is 2. The van der Waals surface area contributed by atoms with E-state index in [4.69, 9.17) is 0 Å². The summed E-state index contributed by atoms with van der Waals surface area (Å²) in [5, 5.41) is 31.0. The maximum absolute atomic E-state index is 12.2. The zero-order valence-electron chi connectivity index (χ0n) is 28.5. The summed E-state index contributed by atoms with van der Waals surface area (Å²) in [5.41, 5.74) is 8.44. The van der Waals surface area contributed by atoms with Crippen molar-refractivity contribution in [2.45, 2.75) is 0 Å². The topological polar surface area (TPSA) is 74.4 Å². The normalized spacial score (nSPS) is 11.0. The molecule has 0 fully saturated rings. The summed E-state index contributed by atoms with van der Waals surface area (Å²) < 4.78 is 2.31. The van der Waals surface area contributed by atoms with Gasteiger partial charge in [0.25, 0.3) is 10.0 Å². The molecule has 0 unspecified atom stereocenters. The molecule has 0 bridgehead atoms. The zero-order chi connectivity index (χ0) is 35.0. The average Bonchev–Trinajstić information content (AvgIpc) is 3.84. The first-order valence-electron chi connectivity index (χ1n) is 17.0.